The van der Waals surface area contributed by atoms with Crippen LogP contribution in [0.2, 0.25) is 0 Å². The van der Waals surface area contributed by atoms with Crippen molar-refractivity contribution in [3.05, 3.63) is 29.3 Å². The van der Waals surface area contributed by atoms with Gasteiger partial charge in [0, 0.05) is 12.5 Å². The number of aliphatic hydroxyl groups is 1. The zero-order chi connectivity index (χ0) is 12.6. The number of fused-ring (bicyclic) bond motifs is 1. The molecule has 0 radical (unpaired) electrons. The molecule has 0 saturated heterocycles. The molecule has 0 bridgehead atoms. The van der Waals surface area contributed by atoms with Gasteiger partial charge < -0.3 is 5.11 Å². The first-order valence-electron chi connectivity index (χ1n) is 5.15. The predicted molar refractivity (Wildman–Crippen MR) is 59.7 cm³/mol. The average molecular weight is 233 g/mol. The second-order valence-electron chi connectivity index (χ2n) is 3.85. The number of imide groups is 1. The topological polar surface area (TPSA) is 74.7 Å². The van der Waals surface area contributed by atoms with Crippen LogP contribution in [0.25, 0.3) is 0 Å². The number of Topliss-reactive ketones (excluding diaryl/α,β-unsaturated/α-hetero) is 1. The number of hydrogen-bond donors (Lipinski definition) is 1. The van der Waals surface area contributed by atoms with E-state index in [0.29, 0.717) is 11.3 Å². The Kier molecular flexibility index (Phi) is 2.77. The van der Waals surface area contributed by atoms with Crippen LogP contribution in [0.5, 0.6) is 0 Å². The van der Waals surface area contributed by atoms with Crippen LogP contribution in [0.15, 0.2) is 18.2 Å². The van der Waals surface area contributed by atoms with Crippen molar-refractivity contribution in [3.63, 3.8) is 0 Å². The van der Waals surface area contributed by atoms with Crippen LogP contribution >= 0.6 is 0 Å². The van der Waals surface area contributed by atoms with Gasteiger partial charge in [0.15, 0.2) is 5.78 Å². The Balaban J connectivity index is 2.49. The number of benzene rings is 1. The van der Waals surface area contributed by atoms with Crippen LogP contribution in [0.4, 0.5) is 5.69 Å². The monoisotopic (exact) mass is 233 g/mol. The van der Waals surface area contributed by atoms with E-state index in [1.165, 1.54) is 13.0 Å². The Hall–Kier alpha value is -2.01. The number of nitrogens with zero attached hydrogens (tertiary/aromatic N) is 1. The average Bonchev–Trinajstić information content (AvgIpc) is 2.62. The van der Waals surface area contributed by atoms with Gasteiger partial charge in [-0.1, -0.05) is 12.1 Å². The van der Waals surface area contributed by atoms with Crippen molar-refractivity contribution < 1.29 is 19.5 Å². The fourth-order valence-corrected chi connectivity index (χ4v) is 1.91. The molecular formula is C12H11NO4. The first kappa shape index (κ1) is 11.5. The summed E-state index contributed by atoms with van der Waals surface area (Å²) in [6, 6.07) is 4.66. The summed E-state index contributed by atoms with van der Waals surface area (Å²) in [6.45, 7) is 0.709. The number of hydrogen-bond acceptors (Lipinski definition) is 4. The highest BCUT2D eigenvalue weighted by molar-refractivity contribution is 6.19. The SMILES string of the molecule is CC(=O)N1C(=O)Cc2ccc(C(=O)CO)cc21. The summed E-state index contributed by atoms with van der Waals surface area (Å²) in [5.74, 6) is -1.10. The predicted octanol–water partition coefficient (Wildman–Crippen LogP) is 0.297. The summed E-state index contributed by atoms with van der Waals surface area (Å²) in [4.78, 5) is 35.3. The molecule has 1 aliphatic heterocycles. The van der Waals surface area contributed by atoms with E-state index in [-0.39, 0.29) is 18.2 Å². The molecule has 88 valence electrons. The first-order chi connectivity index (χ1) is 8.04. The van der Waals surface area contributed by atoms with Crippen molar-refractivity contribution in [1.29, 1.82) is 0 Å². The fraction of sp³-hybridized carbons (Fsp3) is 0.250. The molecule has 2 rings (SSSR count). The van der Waals surface area contributed by atoms with Gasteiger partial charge in [0.1, 0.15) is 6.61 Å². The van der Waals surface area contributed by atoms with Crippen molar-refractivity contribution in [2.75, 3.05) is 11.5 Å². The zero-order valence-electron chi connectivity index (χ0n) is 9.27. The van der Waals surface area contributed by atoms with Crippen LogP contribution in [0.3, 0.4) is 0 Å². The summed E-state index contributed by atoms with van der Waals surface area (Å²) >= 11 is 0. The van der Waals surface area contributed by atoms with Crippen LogP contribution in [0, 0.1) is 0 Å². The van der Waals surface area contributed by atoms with E-state index in [4.69, 9.17) is 5.11 Å². The minimum Gasteiger partial charge on any atom is -0.388 e. The highest BCUT2D eigenvalue weighted by Gasteiger charge is 2.30. The molecule has 1 aromatic carbocycles. The van der Waals surface area contributed by atoms with E-state index in [1.807, 2.05) is 0 Å². The third kappa shape index (κ3) is 1.85. The van der Waals surface area contributed by atoms with Crippen LogP contribution in [-0.2, 0) is 16.0 Å². The van der Waals surface area contributed by atoms with Crippen molar-refractivity contribution in [2.45, 2.75) is 13.3 Å². The minimum atomic E-state index is -0.590. The molecule has 0 unspecified atom stereocenters. The Bertz CT molecular complexity index is 521. The normalized spacial score (nSPS) is 13.8. The maximum absolute atomic E-state index is 11.6. The summed E-state index contributed by atoms with van der Waals surface area (Å²) in [5.41, 5.74) is 1.47. The molecule has 0 aromatic heterocycles. The fourth-order valence-electron chi connectivity index (χ4n) is 1.91. The van der Waals surface area contributed by atoms with Gasteiger partial charge in [-0.05, 0) is 11.6 Å². The maximum atomic E-state index is 11.6. The third-order valence-electron chi connectivity index (χ3n) is 2.70. The third-order valence-corrected chi connectivity index (χ3v) is 2.70. The van der Waals surface area contributed by atoms with E-state index in [2.05, 4.69) is 0 Å². The van der Waals surface area contributed by atoms with Gasteiger partial charge >= 0.3 is 0 Å². The second kappa shape index (κ2) is 4.10. The summed E-state index contributed by atoms with van der Waals surface area (Å²) in [5, 5.41) is 8.77. The Labute approximate surface area is 97.7 Å². The molecular weight excluding hydrogens is 222 g/mol. The molecule has 1 aliphatic rings. The number of rotatable bonds is 2. The molecule has 0 atom stereocenters. The first-order valence-corrected chi connectivity index (χ1v) is 5.15. The van der Waals surface area contributed by atoms with Gasteiger partial charge in [-0.2, -0.15) is 0 Å². The second-order valence-corrected chi connectivity index (χ2v) is 3.85. The Morgan fingerprint density at radius 1 is 1.41 bits per heavy atom. The van der Waals surface area contributed by atoms with Crippen molar-refractivity contribution >= 4 is 23.3 Å². The van der Waals surface area contributed by atoms with Gasteiger partial charge in [-0.15, -0.1) is 0 Å². The van der Waals surface area contributed by atoms with Gasteiger partial charge in [-0.3, -0.25) is 19.3 Å². The number of aliphatic hydroxyl groups excluding tert-OH is 1. The molecule has 1 heterocycles. The van der Waals surface area contributed by atoms with Gasteiger partial charge in [-0.25, -0.2) is 0 Å². The van der Waals surface area contributed by atoms with E-state index in [1.54, 1.807) is 12.1 Å². The van der Waals surface area contributed by atoms with E-state index >= 15 is 0 Å². The standard InChI is InChI=1S/C12H11NO4/c1-7(15)13-10-4-9(11(16)6-14)3-2-8(10)5-12(13)17/h2-4,14H,5-6H2,1H3. The molecule has 1 aromatic rings. The van der Waals surface area contributed by atoms with Crippen molar-refractivity contribution in [2.24, 2.45) is 0 Å². The van der Waals surface area contributed by atoms with E-state index in [0.717, 1.165) is 10.5 Å². The van der Waals surface area contributed by atoms with Crippen LogP contribution in [-0.4, -0.2) is 29.3 Å². The lowest BCUT2D eigenvalue weighted by atomic mass is 10.1. The summed E-state index contributed by atoms with van der Waals surface area (Å²) in [6.07, 6.45) is 0.169. The molecule has 5 heteroatoms. The largest absolute Gasteiger partial charge is 0.388 e. The molecule has 0 spiro atoms. The molecule has 0 fully saturated rings. The minimum absolute atomic E-state index is 0.169. The molecule has 1 N–H and O–H groups in total. The molecule has 5 nitrogen and oxygen atoms in total. The lowest BCUT2D eigenvalue weighted by molar-refractivity contribution is -0.124. The quantitative estimate of drug-likeness (QED) is 0.745. The van der Waals surface area contributed by atoms with Gasteiger partial charge in [0.05, 0.1) is 12.1 Å². The Morgan fingerprint density at radius 2 is 2.12 bits per heavy atom. The number of amides is 2. The maximum Gasteiger partial charge on any atom is 0.238 e. The highest BCUT2D eigenvalue weighted by atomic mass is 16.3. The Morgan fingerprint density at radius 3 is 2.71 bits per heavy atom. The lowest BCUT2D eigenvalue weighted by Gasteiger charge is -2.13. The molecule has 0 saturated carbocycles. The lowest BCUT2D eigenvalue weighted by Crippen LogP contribution is -2.31. The number of carbonyl (C=O) groups excluding carboxylic acids is 3. The highest BCUT2D eigenvalue weighted by Crippen LogP contribution is 2.30. The number of ketones is 1. The van der Waals surface area contributed by atoms with Crippen LogP contribution < -0.4 is 4.90 Å². The van der Waals surface area contributed by atoms with Crippen molar-refractivity contribution in [3.8, 4) is 0 Å². The molecule has 2 amide bonds. The molecule has 17 heavy (non-hydrogen) atoms. The smallest absolute Gasteiger partial charge is 0.238 e. The van der Waals surface area contributed by atoms with E-state index in [9.17, 15) is 14.4 Å². The summed E-state index contributed by atoms with van der Waals surface area (Å²) < 4.78 is 0. The van der Waals surface area contributed by atoms with Gasteiger partial charge in [0.2, 0.25) is 11.8 Å². The van der Waals surface area contributed by atoms with Crippen LogP contribution in [0.1, 0.15) is 22.8 Å². The van der Waals surface area contributed by atoms with E-state index < -0.39 is 12.4 Å². The number of carbonyl (C=O) groups is 3. The summed E-state index contributed by atoms with van der Waals surface area (Å²) in [7, 11) is 0. The zero-order valence-corrected chi connectivity index (χ0v) is 9.27. The van der Waals surface area contributed by atoms with Gasteiger partial charge in [0.25, 0.3) is 0 Å². The molecule has 0 aliphatic carbocycles. The van der Waals surface area contributed by atoms with Crippen molar-refractivity contribution in [1.82, 2.24) is 0 Å². The number of anilines is 1.